The van der Waals surface area contributed by atoms with Crippen LogP contribution in [0.15, 0.2) is 46.9 Å². The average Bonchev–Trinajstić information content (AvgIpc) is 2.25. The van der Waals surface area contributed by atoms with Gasteiger partial charge in [0.05, 0.1) is 6.26 Å². The summed E-state index contributed by atoms with van der Waals surface area (Å²) in [6.07, 6.45) is 2.46. The lowest BCUT2D eigenvalue weighted by Crippen LogP contribution is -1.92. The van der Waals surface area contributed by atoms with Gasteiger partial charge < -0.3 is 0 Å². The Hall–Kier alpha value is -1.68. The molecule has 0 aliphatic heterocycles. The minimum atomic E-state index is -3.32. The van der Waals surface area contributed by atoms with Gasteiger partial charge in [-0.15, -0.1) is 0 Å². The number of nitrogens with zero attached hydrogens (tertiary/aromatic N) is 1. The maximum atomic E-state index is 10.9. The van der Waals surface area contributed by atoms with Gasteiger partial charge in [0, 0.05) is 11.8 Å². The van der Waals surface area contributed by atoms with Crippen molar-refractivity contribution in [1.82, 2.24) is 0 Å². The molecule has 0 fully saturated rings. The molecule has 2 aromatic rings. The van der Waals surface area contributed by atoms with E-state index in [0.717, 1.165) is 22.6 Å². The lowest BCUT2D eigenvalue weighted by atomic mass is 10.1. The second-order valence-corrected chi connectivity index (χ2v) is 5.21. The molecule has 0 spiro atoms. The Morgan fingerprint density at radius 1 is 1.06 bits per heavy atom. The normalized spacial score (nSPS) is 12.3. The van der Waals surface area contributed by atoms with Gasteiger partial charge in [-0.2, -0.15) is 4.40 Å². The Balaban J connectivity index is 2.57. The second-order valence-electron chi connectivity index (χ2n) is 3.54. The summed E-state index contributed by atoms with van der Waals surface area (Å²) in [5, 5.41) is 2.07. The van der Waals surface area contributed by atoms with Crippen LogP contribution >= 0.6 is 0 Å². The van der Waals surface area contributed by atoms with Crippen molar-refractivity contribution in [3.05, 3.63) is 48.0 Å². The van der Waals surface area contributed by atoms with Crippen LogP contribution in [0, 0.1) is 0 Å². The molecule has 0 heterocycles. The van der Waals surface area contributed by atoms with Gasteiger partial charge in [-0.3, -0.25) is 0 Å². The first-order valence-electron chi connectivity index (χ1n) is 4.79. The zero-order valence-electron chi connectivity index (χ0n) is 8.79. The number of benzene rings is 2. The first-order chi connectivity index (χ1) is 7.56. The van der Waals surface area contributed by atoms with E-state index in [1.807, 2.05) is 42.5 Å². The monoisotopic (exact) mass is 233 g/mol. The van der Waals surface area contributed by atoms with E-state index < -0.39 is 10.0 Å². The maximum Gasteiger partial charge on any atom is 0.250 e. The fraction of sp³-hybridized carbons (Fsp3) is 0.0833. The summed E-state index contributed by atoms with van der Waals surface area (Å²) in [7, 11) is -3.32. The molecule has 0 saturated carbocycles. The van der Waals surface area contributed by atoms with Crippen molar-refractivity contribution in [2.24, 2.45) is 4.40 Å². The van der Waals surface area contributed by atoms with E-state index >= 15 is 0 Å². The van der Waals surface area contributed by atoms with Crippen molar-refractivity contribution < 1.29 is 8.42 Å². The maximum absolute atomic E-state index is 10.9. The third-order valence-electron chi connectivity index (χ3n) is 2.21. The van der Waals surface area contributed by atoms with Gasteiger partial charge in [0.25, 0.3) is 0 Å². The summed E-state index contributed by atoms with van der Waals surface area (Å²) in [4.78, 5) is 0. The Morgan fingerprint density at radius 2 is 1.75 bits per heavy atom. The van der Waals surface area contributed by atoms with E-state index in [4.69, 9.17) is 0 Å². The van der Waals surface area contributed by atoms with Crippen LogP contribution in [0.3, 0.4) is 0 Å². The molecule has 0 amide bonds. The van der Waals surface area contributed by atoms with Crippen molar-refractivity contribution >= 4 is 27.0 Å². The Labute approximate surface area is 94.5 Å². The highest BCUT2D eigenvalue weighted by molar-refractivity contribution is 7.89. The van der Waals surface area contributed by atoms with Gasteiger partial charge >= 0.3 is 0 Å². The molecule has 0 saturated heterocycles. The molecule has 3 nitrogen and oxygen atoms in total. The predicted molar refractivity (Wildman–Crippen MR) is 66.4 cm³/mol. The van der Waals surface area contributed by atoms with Crippen molar-refractivity contribution in [2.75, 3.05) is 6.26 Å². The average molecular weight is 233 g/mol. The molecular formula is C12H11NO2S. The molecule has 0 aliphatic rings. The van der Waals surface area contributed by atoms with E-state index in [9.17, 15) is 8.42 Å². The predicted octanol–water partition coefficient (Wildman–Crippen LogP) is 2.22. The molecule has 0 aliphatic carbocycles. The molecule has 4 heteroatoms. The van der Waals surface area contributed by atoms with Gasteiger partial charge in [0.1, 0.15) is 0 Å². The standard InChI is InChI=1S/C12H11NO2S/c1-16(14,15)13-9-11-7-4-6-10-5-2-3-8-12(10)11/h2-9H,1H3/b13-9+. The molecule has 82 valence electrons. The summed E-state index contributed by atoms with van der Waals surface area (Å²) in [6, 6.07) is 13.5. The molecule has 16 heavy (non-hydrogen) atoms. The van der Waals surface area contributed by atoms with Gasteiger partial charge in [-0.25, -0.2) is 8.42 Å². The first-order valence-corrected chi connectivity index (χ1v) is 6.64. The highest BCUT2D eigenvalue weighted by atomic mass is 32.2. The number of rotatable bonds is 2. The molecule has 0 bridgehead atoms. The Kier molecular flexibility index (Phi) is 2.75. The zero-order chi connectivity index (χ0) is 11.6. The van der Waals surface area contributed by atoms with E-state index in [2.05, 4.69) is 4.40 Å². The van der Waals surface area contributed by atoms with Crippen LogP contribution in [-0.2, 0) is 10.0 Å². The van der Waals surface area contributed by atoms with Crippen LogP contribution < -0.4 is 0 Å². The fourth-order valence-corrected chi connectivity index (χ4v) is 1.82. The fourth-order valence-electron chi connectivity index (χ4n) is 1.52. The summed E-state index contributed by atoms with van der Waals surface area (Å²) < 4.78 is 25.4. The zero-order valence-corrected chi connectivity index (χ0v) is 9.61. The van der Waals surface area contributed by atoms with Gasteiger partial charge in [-0.05, 0) is 10.8 Å². The van der Waals surface area contributed by atoms with Crippen LogP contribution in [0.2, 0.25) is 0 Å². The van der Waals surface area contributed by atoms with Crippen LogP contribution in [0.25, 0.3) is 10.8 Å². The molecule has 0 N–H and O–H groups in total. The van der Waals surface area contributed by atoms with E-state index in [1.54, 1.807) is 0 Å². The third-order valence-corrected chi connectivity index (χ3v) is 2.69. The summed E-state index contributed by atoms with van der Waals surface area (Å²) in [5.41, 5.74) is 0.809. The van der Waals surface area contributed by atoms with Crippen molar-refractivity contribution in [2.45, 2.75) is 0 Å². The summed E-state index contributed by atoms with van der Waals surface area (Å²) in [6.45, 7) is 0. The second kappa shape index (κ2) is 4.06. The van der Waals surface area contributed by atoms with Crippen LogP contribution in [0.4, 0.5) is 0 Å². The number of hydrogen-bond donors (Lipinski definition) is 0. The highest BCUT2D eigenvalue weighted by Gasteiger charge is 1.99. The Bertz CT molecular complexity index is 640. The topological polar surface area (TPSA) is 46.5 Å². The van der Waals surface area contributed by atoms with Crippen molar-refractivity contribution in [3.63, 3.8) is 0 Å². The smallest absolute Gasteiger partial charge is 0.205 e. The molecule has 0 aromatic heterocycles. The van der Waals surface area contributed by atoms with Gasteiger partial charge in [0.15, 0.2) is 0 Å². The summed E-state index contributed by atoms with van der Waals surface area (Å²) >= 11 is 0. The minimum Gasteiger partial charge on any atom is -0.205 e. The minimum absolute atomic E-state index is 0.809. The van der Waals surface area contributed by atoms with Gasteiger partial charge in [-0.1, -0.05) is 42.5 Å². The van der Waals surface area contributed by atoms with Crippen molar-refractivity contribution in [1.29, 1.82) is 0 Å². The molecular weight excluding hydrogens is 222 g/mol. The van der Waals surface area contributed by atoms with E-state index in [0.29, 0.717) is 0 Å². The van der Waals surface area contributed by atoms with E-state index in [-0.39, 0.29) is 0 Å². The molecule has 2 rings (SSSR count). The molecule has 0 radical (unpaired) electrons. The quantitative estimate of drug-likeness (QED) is 0.747. The van der Waals surface area contributed by atoms with Gasteiger partial charge in [0.2, 0.25) is 10.0 Å². The molecule has 2 aromatic carbocycles. The largest absolute Gasteiger partial charge is 0.250 e. The molecule has 0 unspecified atom stereocenters. The lowest BCUT2D eigenvalue weighted by molar-refractivity contribution is 0.604. The lowest BCUT2D eigenvalue weighted by Gasteiger charge is -2.00. The first kappa shape index (κ1) is 10.8. The van der Waals surface area contributed by atoms with Crippen LogP contribution in [0.1, 0.15) is 5.56 Å². The third kappa shape index (κ3) is 2.46. The summed E-state index contributed by atoms with van der Waals surface area (Å²) in [5.74, 6) is 0. The SMILES string of the molecule is CS(=O)(=O)/N=C/c1cccc2ccccc12. The highest BCUT2D eigenvalue weighted by Crippen LogP contribution is 2.16. The number of sulfonamides is 1. The number of hydrogen-bond acceptors (Lipinski definition) is 2. The molecule has 0 atom stereocenters. The van der Waals surface area contributed by atoms with Crippen molar-refractivity contribution in [3.8, 4) is 0 Å². The van der Waals surface area contributed by atoms with Crippen LogP contribution in [-0.4, -0.2) is 20.9 Å². The number of fused-ring (bicyclic) bond motifs is 1. The van der Waals surface area contributed by atoms with E-state index in [1.165, 1.54) is 6.21 Å². The van der Waals surface area contributed by atoms with Crippen LogP contribution in [0.5, 0.6) is 0 Å². The Morgan fingerprint density at radius 3 is 2.50 bits per heavy atom.